The van der Waals surface area contributed by atoms with E-state index >= 15 is 0 Å². The number of nitrogens with zero attached hydrogens (tertiary/aromatic N) is 1. The van der Waals surface area contributed by atoms with Crippen molar-refractivity contribution in [3.05, 3.63) is 35.4 Å². The summed E-state index contributed by atoms with van der Waals surface area (Å²) in [5.74, 6) is 0. The number of ether oxygens (including phenoxy) is 1. The smallest absolute Gasteiger partial charge is 0.0720 e. The monoisotopic (exact) mass is 302 g/mol. The maximum Gasteiger partial charge on any atom is 0.0720 e. The summed E-state index contributed by atoms with van der Waals surface area (Å²) in [5.41, 5.74) is 2.65. The van der Waals surface area contributed by atoms with E-state index in [1.807, 2.05) is 0 Å². The van der Waals surface area contributed by atoms with Crippen molar-refractivity contribution >= 4 is 0 Å². The van der Waals surface area contributed by atoms with Crippen molar-refractivity contribution in [3.63, 3.8) is 0 Å². The normalized spacial score (nSPS) is 25.6. The second-order valence-electron chi connectivity index (χ2n) is 7.11. The van der Waals surface area contributed by atoms with E-state index < -0.39 is 0 Å². The molecule has 3 heteroatoms. The molecule has 3 rings (SSSR count). The van der Waals surface area contributed by atoms with Gasteiger partial charge < -0.3 is 15.0 Å². The minimum atomic E-state index is 0.290. The van der Waals surface area contributed by atoms with E-state index in [4.69, 9.17) is 4.74 Å². The van der Waals surface area contributed by atoms with Gasteiger partial charge in [0.2, 0.25) is 0 Å². The highest BCUT2D eigenvalue weighted by Crippen LogP contribution is 2.27. The Morgan fingerprint density at radius 3 is 2.95 bits per heavy atom. The summed E-state index contributed by atoms with van der Waals surface area (Å²) in [7, 11) is 0. The maximum atomic E-state index is 5.70. The number of hydrogen-bond acceptors (Lipinski definition) is 3. The first kappa shape index (κ1) is 16.0. The lowest BCUT2D eigenvalue weighted by atomic mass is 9.97. The Morgan fingerprint density at radius 1 is 1.23 bits per heavy atom. The number of nitrogens with one attached hydrogen (secondary N) is 1. The van der Waals surface area contributed by atoms with Crippen LogP contribution in [0.3, 0.4) is 0 Å². The van der Waals surface area contributed by atoms with Gasteiger partial charge in [0.1, 0.15) is 0 Å². The molecule has 2 aliphatic heterocycles. The molecule has 2 heterocycles. The van der Waals surface area contributed by atoms with Crippen molar-refractivity contribution in [2.75, 3.05) is 13.1 Å². The van der Waals surface area contributed by atoms with E-state index in [2.05, 4.69) is 48.3 Å². The van der Waals surface area contributed by atoms with Gasteiger partial charge in [-0.05, 0) is 63.7 Å². The first-order valence-electron chi connectivity index (χ1n) is 8.87. The van der Waals surface area contributed by atoms with Crippen LogP contribution in [0.5, 0.6) is 0 Å². The molecule has 2 aliphatic rings. The molecular weight excluding hydrogens is 272 g/mol. The average molecular weight is 302 g/mol. The molecule has 0 spiro atoms. The molecule has 3 nitrogen and oxygen atoms in total. The Labute approximate surface area is 135 Å². The van der Waals surface area contributed by atoms with Crippen LogP contribution in [0.4, 0.5) is 0 Å². The molecule has 0 saturated carbocycles. The van der Waals surface area contributed by atoms with Gasteiger partial charge in [-0.15, -0.1) is 0 Å². The SMILES string of the molecule is CC(C)OCc1cccc(CN[C@H]2CCN3CCC[C@H]3C2)c1. The summed E-state index contributed by atoms with van der Waals surface area (Å²) in [6.45, 7) is 8.47. The van der Waals surface area contributed by atoms with Gasteiger partial charge >= 0.3 is 0 Å². The van der Waals surface area contributed by atoms with Gasteiger partial charge in [0, 0.05) is 18.6 Å². The third kappa shape index (κ3) is 4.31. The molecule has 1 aromatic rings. The predicted molar refractivity (Wildman–Crippen MR) is 90.8 cm³/mol. The van der Waals surface area contributed by atoms with E-state index in [1.54, 1.807) is 0 Å². The molecule has 1 aromatic carbocycles. The molecule has 0 bridgehead atoms. The van der Waals surface area contributed by atoms with Gasteiger partial charge in [-0.25, -0.2) is 0 Å². The summed E-state index contributed by atoms with van der Waals surface area (Å²) < 4.78 is 5.70. The maximum absolute atomic E-state index is 5.70. The van der Waals surface area contributed by atoms with Crippen molar-refractivity contribution in [2.24, 2.45) is 0 Å². The Hall–Kier alpha value is -0.900. The van der Waals surface area contributed by atoms with E-state index in [9.17, 15) is 0 Å². The zero-order valence-electron chi connectivity index (χ0n) is 14.1. The lowest BCUT2D eigenvalue weighted by Gasteiger charge is -2.35. The lowest BCUT2D eigenvalue weighted by molar-refractivity contribution is 0.0656. The lowest BCUT2D eigenvalue weighted by Crippen LogP contribution is -2.45. The summed E-state index contributed by atoms with van der Waals surface area (Å²) in [6, 6.07) is 10.3. The Kier molecular flexibility index (Phi) is 5.51. The highest BCUT2D eigenvalue weighted by Gasteiger charge is 2.31. The number of fused-ring (bicyclic) bond motifs is 1. The fourth-order valence-corrected chi connectivity index (χ4v) is 3.76. The third-order valence-electron chi connectivity index (χ3n) is 4.99. The van der Waals surface area contributed by atoms with Crippen molar-refractivity contribution < 1.29 is 4.74 Å². The predicted octanol–water partition coefficient (Wildman–Crippen LogP) is 3.33. The molecular formula is C19H30N2O. The van der Waals surface area contributed by atoms with Gasteiger partial charge in [0.05, 0.1) is 12.7 Å². The van der Waals surface area contributed by atoms with Crippen molar-refractivity contribution in [3.8, 4) is 0 Å². The van der Waals surface area contributed by atoms with Crippen LogP contribution in [0.2, 0.25) is 0 Å². The molecule has 2 atom stereocenters. The second-order valence-corrected chi connectivity index (χ2v) is 7.11. The minimum absolute atomic E-state index is 0.290. The van der Waals surface area contributed by atoms with Gasteiger partial charge in [0.15, 0.2) is 0 Å². The van der Waals surface area contributed by atoms with Gasteiger partial charge in [0.25, 0.3) is 0 Å². The highest BCUT2D eigenvalue weighted by molar-refractivity contribution is 5.23. The Bertz CT molecular complexity index is 474. The molecule has 0 amide bonds. The van der Waals surface area contributed by atoms with Gasteiger partial charge in [-0.3, -0.25) is 0 Å². The van der Waals surface area contributed by atoms with E-state index in [1.165, 1.54) is 49.9 Å². The first-order chi connectivity index (χ1) is 10.7. The van der Waals surface area contributed by atoms with E-state index in [0.717, 1.165) is 12.6 Å². The molecule has 0 radical (unpaired) electrons. The molecule has 2 fully saturated rings. The zero-order chi connectivity index (χ0) is 15.4. The second kappa shape index (κ2) is 7.58. The summed E-state index contributed by atoms with van der Waals surface area (Å²) in [5, 5.41) is 3.78. The van der Waals surface area contributed by atoms with Crippen LogP contribution in [-0.2, 0) is 17.9 Å². The van der Waals surface area contributed by atoms with Gasteiger partial charge in [-0.1, -0.05) is 24.3 Å². The van der Waals surface area contributed by atoms with Crippen LogP contribution < -0.4 is 5.32 Å². The van der Waals surface area contributed by atoms with Crippen molar-refractivity contribution in [1.82, 2.24) is 10.2 Å². The van der Waals surface area contributed by atoms with Crippen LogP contribution >= 0.6 is 0 Å². The average Bonchev–Trinajstić information content (AvgIpc) is 2.99. The third-order valence-corrected chi connectivity index (χ3v) is 4.99. The fourth-order valence-electron chi connectivity index (χ4n) is 3.76. The molecule has 22 heavy (non-hydrogen) atoms. The molecule has 122 valence electrons. The molecule has 0 aliphatic carbocycles. The van der Waals surface area contributed by atoms with E-state index in [0.29, 0.717) is 18.8 Å². The van der Waals surface area contributed by atoms with Crippen LogP contribution in [0.15, 0.2) is 24.3 Å². The standard InChI is InChI=1S/C19H30N2O/c1-15(2)22-14-17-6-3-5-16(11-17)13-20-18-8-10-21-9-4-7-19(21)12-18/h3,5-6,11,15,18-20H,4,7-10,12-14H2,1-2H3/t18-,19-/m0/s1. The number of benzene rings is 1. The van der Waals surface area contributed by atoms with Crippen molar-refractivity contribution in [1.29, 1.82) is 0 Å². The molecule has 0 unspecified atom stereocenters. The molecule has 1 N–H and O–H groups in total. The van der Waals surface area contributed by atoms with E-state index in [-0.39, 0.29) is 0 Å². The van der Waals surface area contributed by atoms with Crippen LogP contribution in [-0.4, -0.2) is 36.2 Å². The highest BCUT2D eigenvalue weighted by atomic mass is 16.5. The zero-order valence-corrected chi connectivity index (χ0v) is 14.1. The summed E-state index contributed by atoms with van der Waals surface area (Å²) in [6.07, 6.45) is 5.72. The number of hydrogen-bond donors (Lipinski definition) is 1. The quantitative estimate of drug-likeness (QED) is 0.872. The number of piperidine rings is 1. The first-order valence-corrected chi connectivity index (χ1v) is 8.87. The Morgan fingerprint density at radius 2 is 2.09 bits per heavy atom. The van der Waals surface area contributed by atoms with Gasteiger partial charge in [-0.2, -0.15) is 0 Å². The van der Waals surface area contributed by atoms with Crippen LogP contribution in [0.1, 0.15) is 50.7 Å². The molecule has 0 aromatic heterocycles. The largest absolute Gasteiger partial charge is 0.374 e. The fraction of sp³-hybridized carbons (Fsp3) is 0.684. The number of rotatable bonds is 6. The minimum Gasteiger partial charge on any atom is -0.374 e. The van der Waals surface area contributed by atoms with Crippen LogP contribution in [0.25, 0.3) is 0 Å². The van der Waals surface area contributed by atoms with Crippen LogP contribution in [0, 0.1) is 0 Å². The Balaban J connectivity index is 1.47. The van der Waals surface area contributed by atoms with Crippen molar-refractivity contribution in [2.45, 2.75) is 70.9 Å². The topological polar surface area (TPSA) is 24.5 Å². The molecule has 2 saturated heterocycles. The summed E-state index contributed by atoms with van der Waals surface area (Å²) in [4.78, 5) is 2.68. The summed E-state index contributed by atoms with van der Waals surface area (Å²) >= 11 is 0.